The topological polar surface area (TPSA) is 49.8 Å². The van der Waals surface area contributed by atoms with Gasteiger partial charge in [-0.05, 0) is 62.2 Å². The zero-order valence-corrected chi connectivity index (χ0v) is 16.1. The molecule has 2 heterocycles. The van der Waals surface area contributed by atoms with Crippen molar-refractivity contribution in [2.45, 2.75) is 32.7 Å². The highest BCUT2D eigenvalue weighted by atomic mass is 35.5. The summed E-state index contributed by atoms with van der Waals surface area (Å²) in [6, 6.07) is 8.99. The lowest BCUT2D eigenvalue weighted by atomic mass is 9.98. The molecule has 0 radical (unpaired) electrons. The number of piperidine rings is 1. The first-order valence-electron chi connectivity index (χ1n) is 9.31. The Morgan fingerprint density at radius 1 is 1.22 bits per heavy atom. The number of ether oxygens (including phenoxy) is 1. The van der Waals surface area contributed by atoms with Crippen molar-refractivity contribution in [2.75, 3.05) is 13.1 Å². The minimum atomic E-state index is -0.165. The van der Waals surface area contributed by atoms with Crippen LogP contribution in [0.3, 0.4) is 0 Å². The third-order valence-corrected chi connectivity index (χ3v) is 5.59. The Morgan fingerprint density at radius 3 is 2.70 bits per heavy atom. The number of carbonyl (C=O) groups is 1. The second-order valence-corrected chi connectivity index (χ2v) is 7.60. The maximum Gasteiger partial charge on any atom is 0.232 e. The molecule has 0 atom stereocenters. The summed E-state index contributed by atoms with van der Waals surface area (Å²) < 4.78 is 5.98. The Balaban J connectivity index is 1.72. The predicted molar refractivity (Wildman–Crippen MR) is 106 cm³/mol. The zero-order chi connectivity index (χ0) is 19.0. The molecular formula is C22H22ClNO3. The van der Waals surface area contributed by atoms with Crippen LogP contribution in [0.15, 0.2) is 36.1 Å². The first kappa shape index (κ1) is 18.1. The van der Waals surface area contributed by atoms with Crippen LogP contribution in [-0.4, -0.2) is 28.9 Å². The maximum atomic E-state index is 13.0. The number of carbonyl (C=O) groups excluding carboxylic acids is 1. The van der Waals surface area contributed by atoms with E-state index in [9.17, 15) is 9.90 Å². The van der Waals surface area contributed by atoms with Gasteiger partial charge in [0.1, 0.15) is 11.5 Å². The number of aromatic hydroxyl groups is 1. The Morgan fingerprint density at radius 2 is 1.96 bits per heavy atom. The molecule has 2 aliphatic rings. The van der Waals surface area contributed by atoms with E-state index in [1.54, 1.807) is 18.2 Å². The molecule has 0 spiro atoms. The number of halogens is 1. The first-order valence-corrected chi connectivity index (χ1v) is 9.69. The van der Waals surface area contributed by atoms with Crippen LogP contribution >= 0.6 is 11.6 Å². The molecule has 140 valence electrons. The quantitative estimate of drug-likeness (QED) is 0.761. The molecule has 4 rings (SSSR count). The Bertz CT molecular complexity index is 929. The van der Waals surface area contributed by atoms with Crippen molar-refractivity contribution in [3.63, 3.8) is 0 Å². The molecule has 2 aromatic rings. The number of rotatable bonds is 3. The van der Waals surface area contributed by atoms with Gasteiger partial charge in [0, 0.05) is 11.6 Å². The van der Waals surface area contributed by atoms with Crippen LogP contribution in [-0.2, 0) is 6.54 Å². The first-order chi connectivity index (χ1) is 13.0. The molecule has 1 fully saturated rings. The van der Waals surface area contributed by atoms with Gasteiger partial charge in [0.15, 0.2) is 5.76 Å². The van der Waals surface area contributed by atoms with Crippen LogP contribution in [0.2, 0.25) is 5.02 Å². The lowest BCUT2D eigenvalue weighted by Gasteiger charge is -2.27. The number of benzene rings is 2. The molecule has 2 aromatic carbocycles. The Hall–Kier alpha value is -2.30. The summed E-state index contributed by atoms with van der Waals surface area (Å²) in [7, 11) is 0. The van der Waals surface area contributed by atoms with Crippen LogP contribution in [0.1, 0.15) is 46.3 Å². The summed E-state index contributed by atoms with van der Waals surface area (Å²) in [5.41, 5.74) is 2.68. The van der Waals surface area contributed by atoms with Crippen LogP contribution in [0, 0.1) is 6.92 Å². The van der Waals surface area contributed by atoms with Crippen LogP contribution in [0.5, 0.6) is 11.5 Å². The van der Waals surface area contributed by atoms with Crippen molar-refractivity contribution in [3.8, 4) is 11.5 Å². The third-order valence-electron chi connectivity index (χ3n) is 5.24. The van der Waals surface area contributed by atoms with E-state index in [1.807, 2.05) is 25.1 Å². The smallest absolute Gasteiger partial charge is 0.232 e. The molecule has 0 aliphatic carbocycles. The van der Waals surface area contributed by atoms with E-state index in [0.717, 1.165) is 37.1 Å². The number of phenols is 1. The molecule has 2 aliphatic heterocycles. The fourth-order valence-corrected chi connectivity index (χ4v) is 4.00. The van der Waals surface area contributed by atoms with E-state index in [0.29, 0.717) is 28.4 Å². The number of nitrogens with zero attached hydrogens (tertiary/aromatic N) is 1. The molecule has 1 saturated heterocycles. The predicted octanol–water partition coefficient (Wildman–Crippen LogP) is 4.96. The molecule has 0 aromatic heterocycles. The normalized spacial score (nSPS) is 18.6. The van der Waals surface area contributed by atoms with E-state index >= 15 is 0 Å². The maximum absolute atomic E-state index is 13.0. The van der Waals surface area contributed by atoms with Crippen molar-refractivity contribution in [2.24, 2.45) is 0 Å². The highest BCUT2D eigenvalue weighted by Crippen LogP contribution is 2.42. The fraction of sp³-hybridized carbons (Fsp3) is 0.318. The van der Waals surface area contributed by atoms with Gasteiger partial charge in [-0.15, -0.1) is 0 Å². The highest BCUT2D eigenvalue weighted by molar-refractivity contribution is 6.32. The second kappa shape index (κ2) is 7.37. The van der Waals surface area contributed by atoms with Crippen LogP contribution in [0.4, 0.5) is 0 Å². The molecule has 27 heavy (non-hydrogen) atoms. The minimum Gasteiger partial charge on any atom is -0.507 e. The minimum absolute atomic E-state index is 0.165. The average molecular weight is 384 g/mol. The van der Waals surface area contributed by atoms with E-state index in [2.05, 4.69) is 4.90 Å². The standard InChI is InChI=1S/C22H22ClNO3/c1-14-11-18(25)16(13-24-9-5-2-6-10-24)22-20(14)21(26)19(27-22)12-15-7-3-4-8-17(15)23/h3-4,7-8,11-12,25H,2,5-6,9-10,13H2,1H3/b19-12-. The van der Waals surface area contributed by atoms with E-state index in [1.165, 1.54) is 6.42 Å². The number of ketones is 1. The molecule has 4 nitrogen and oxygen atoms in total. The van der Waals surface area contributed by atoms with Gasteiger partial charge in [-0.1, -0.05) is 36.2 Å². The third kappa shape index (κ3) is 3.47. The summed E-state index contributed by atoms with van der Waals surface area (Å²) in [4.78, 5) is 15.3. The number of aryl methyl sites for hydroxylation is 1. The van der Waals surface area contributed by atoms with Gasteiger partial charge in [-0.3, -0.25) is 9.69 Å². The summed E-state index contributed by atoms with van der Waals surface area (Å²) in [6.45, 7) is 4.40. The van der Waals surface area contributed by atoms with E-state index in [-0.39, 0.29) is 17.3 Å². The molecule has 5 heteroatoms. The summed E-state index contributed by atoms with van der Waals surface area (Å²) in [6.07, 6.45) is 5.23. The lowest BCUT2D eigenvalue weighted by Crippen LogP contribution is -2.29. The van der Waals surface area contributed by atoms with Gasteiger partial charge in [0.05, 0.1) is 11.1 Å². The fourth-order valence-electron chi connectivity index (χ4n) is 3.81. The van der Waals surface area contributed by atoms with Crippen molar-refractivity contribution >= 4 is 23.5 Å². The van der Waals surface area contributed by atoms with Crippen LogP contribution < -0.4 is 4.74 Å². The molecule has 0 amide bonds. The largest absolute Gasteiger partial charge is 0.507 e. The van der Waals surface area contributed by atoms with Crippen molar-refractivity contribution in [1.29, 1.82) is 0 Å². The van der Waals surface area contributed by atoms with Gasteiger partial charge >= 0.3 is 0 Å². The Kier molecular flexibility index (Phi) is 4.94. The second-order valence-electron chi connectivity index (χ2n) is 7.19. The highest BCUT2D eigenvalue weighted by Gasteiger charge is 2.33. The number of allylic oxidation sites excluding steroid dienone is 1. The van der Waals surface area contributed by atoms with Gasteiger partial charge in [0.2, 0.25) is 5.78 Å². The van der Waals surface area contributed by atoms with E-state index < -0.39 is 0 Å². The van der Waals surface area contributed by atoms with Crippen molar-refractivity contribution in [3.05, 3.63) is 63.4 Å². The molecule has 1 N–H and O–H groups in total. The van der Waals surface area contributed by atoms with E-state index in [4.69, 9.17) is 16.3 Å². The number of fused-ring (bicyclic) bond motifs is 1. The summed E-state index contributed by atoms with van der Waals surface area (Å²) in [5, 5.41) is 11.1. The monoisotopic (exact) mass is 383 g/mol. The average Bonchev–Trinajstić information content (AvgIpc) is 2.98. The summed E-state index contributed by atoms with van der Waals surface area (Å²) >= 11 is 6.22. The summed E-state index contributed by atoms with van der Waals surface area (Å²) in [5.74, 6) is 0.749. The van der Waals surface area contributed by atoms with Crippen molar-refractivity contribution < 1.29 is 14.6 Å². The zero-order valence-electron chi connectivity index (χ0n) is 15.3. The number of likely N-dealkylation sites (tertiary alicyclic amines) is 1. The number of Topliss-reactive ketones (excluding diaryl/α,β-unsaturated/α-hetero) is 1. The SMILES string of the molecule is Cc1cc(O)c(CN2CCCCC2)c2c1C(=O)/C(=C/c1ccccc1Cl)O2. The van der Waals surface area contributed by atoms with Gasteiger partial charge in [0.25, 0.3) is 0 Å². The molecule has 0 bridgehead atoms. The Labute approximate surface area is 164 Å². The number of hydrogen-bond donors (Lipinski definition) is 1. The van der Waals surface area contributed by atoms with Crippen LogP contribution in [0.25, 0.3) is 6.08 Å². The lowest BCUT2D eigenvalue weighted by molar-refractivity contribution is 0.101. The number of phenolic OH excluding ortho intramolecular Hbond substituents is 1. The molecule has 0 unspecified atom stereocenters. The van der Waals surface area contributed by atoms with Gasteiger partial charge in [-0.2, -0.15) is 0 Å². The van der Waals surface area contributed by atoms with Gasteiger partial charge in [-0.25, -0.2) is 0 Å². The van der Waals surface area contributed by atoms with Gasteiger partial charge < -0.3 is 9.84 Å². The van der Waals surface area contributed by atoms with Crippen molar-refractivity contribution in [1.82, 2.24) is 4.90 Å². The molecule has 0 saturated carbocycles. The number of hydrogen-bond acceptors (Lipinski definition) is 4. The molecular weight excluding hydrogens is 362 g/mol.